The zero-order chi connectivity index (χ0) is 22.5. The molecule has 0 fully saturated rings. The van der Waals surface area contributed by atoms with Gasteiger partial charge in [-0.2, -0.15) is 0 Å². The molecule has 2 atom stereocenters. The van der Waals surface area contributed by atoms with E-state index in [0.29, 0.717) is 30.6 Å². The molecule has 1 aliphatic heterocycles. The second kappa shape index (κ2) is 9.82. The zero-order valence-electron chi connectivity index (χ0n) is 18.6. The first kappa shape index (κ1) is 23.5. The molecule has 2 amide bonds. The molecule has 2 rings (SSSR count). The third-order valence-electron chi connectivity index (χ3n) is 4.54. The van der Waals surface area contributed by atoms with Crippen LogP contribution in [0.4, 0.5) is 15.3 Å². The van der Waals surface area contributed by atoms with Gasteiger partial charge in [-0.05, 0) is 39.2 Å². The van der Waals surface area contributed by atoms with Crippen molar-refractivity contribution >= 4 is 23.8 Å². The number of fused-ring (bicyclic) bond motifs is 1. The van der Waals surface area contributed by atoms with Gasteiger partial charge in [-0.3, -0.25) is 4.90 Å². The molecule has 0 bridgehead atoms. The van der Waals surface area contributed by atoms with E-state index >= 15 is 0 Å². The van der Waals surface area contributed by atoms with E-state index in [0.717, 1.165) is 0 Å². The van der Waals surface area contributed by atoms with Crippen molar-refractivity contribution in [3.05, 3.63) is 29.8 Å². The summed E-state index contributed by atoms with van der Waals surface area (Å²) in [6, 6.07) is 6.47. The van der Waals surface area contributed by atoms with Crippen molar-refractivity contribution in [3.63, 3.8) is 0 Å². The van der Waals surface area contributed by atoms with E-state index in [1.54, 1.807) is 11.0 Å². The Bertz CT molecular complexity index is 771. The SMILES string of the molecule is COC(=O)[C@H](CC(C)C)NC(=O)OC1CCN(C(=O)OC(C)(C)C)c2ccccc21. The van der Waals surface area contributed by atoms with E-state index in [1.165, 1.54) is 7.11 Å². The van der Waals surface area contributed by atoms with E-state index in [2.05, 4.69) is 5.32 Å². The van der Waals surface area contributed by atoms with Gasteiger partial charge in [-0.1, -0.05) is 32.0 Å². The molecule has 8 heteroatoms. The van der Waals surface area contributed by atoms with Crippen LogP contribution in [-0.2, 0) is 19.0 Å². The second-order valence-electron chi connectivity index (χ2n) is 8.72. The Kier molecular flexibility index (Phi) is 7.70. The van der Waals surface area contributed by atoms with E-state index in [9.17, 15) is 14.4 Å². The summed E-state index contributed by atoms with van der Waals surface area (Å²) in [6.07, 6.45) is -0.832. The molecule has 1 aliphatic rings. The number of nitrogens with one attached hydrogen (secondary N) is 1. The Morgan fingerprint density at radius 2 is 1.87 bits per heavy atom. The fourth-order valence-electron chi connectivity index (χ4n) is 3.29. The summed E-state index contributed by atoms with van der Waals surface area (Å²) in [6.45, 7) is 9.68. The van der Waals surface area contributed by atoms with Gasteiger partial charge in [-0.15, -0.1) is 0 Å². The van der Waals surface area contributed by atoms with E-state index in [-0.39, 0.29) is 5.92 Å². The van der Waals surface area contributed by atoms with Gasteiger partial charge in [0, 0.05) is 18.5 Å². The first-order chi connectivity index (χ1) is 14.0. The molecule has 1 heterocycles. The number of alkyl carbamates (subject to hydrolysis) is 1. The molecule has 166 valence electrons. The number of carbonyl (C=O) groups excluding carboxylic acids is 3. The minimum atomic E-state index is -0.778. The van der Waals surface area contributed by atoms with Crippen molar-refractivity contribution in [2.75, 3.05) is 18.6 Å². The van der Waals surface area contributed by atoms with E-state index in [4.69, 9.17) is 14.2 Å². The smallest absolute Gasteiger partial charge is 0.414 e. The summed E-state index contributed by atoms with van der Waals surface area (Å²) in [7, 11) is 1.28. The minimum absolute atomic E-state index is 0.187. The number of ether oxygens (including phenoxy) is 3. The van der Waals surface area contributed by atoms with Crippen LogP contribution in [0.25, 0.3) is 0 Å². The largest absolute Gasteiger partial charge is 0.467 e. The molecule has 1 unspecified atom stereocenters. The second-order valence-corrected chi connectivity index (χ2v) is 8.72. The Morgan fingerprint density at radius 3 is 2.47 bits per heavy atom. The number of esters is 1. The van der Waals surface area contributed by atoms with Crippen molar-refractivity contribution in [2.24, 2.45) is 5.92 Å². The van der Waals surface area contributed by atoms with Gasteiger partial charge in [0.15, 0.2) is 0 Å². The molecule has 8 nitrogen and oxygen atoms in total. The van der Waals surface area contributed by atoms with Crippen LogP contribution >= 0.6 is 0 Å². The Balaban J connectivity index is 2.13. The van der Waals surface area contributed by atoms with Crippen LogP contribution in [-0.4, -0.2) is 43.5 Å². The number of anilines is 1. The summed E-state index contributed by atoms with van der Waals surface area (Å²) in [5.41, 5.74) is 0.740. The Hall–Kier alpha value is -2.77. The van der Waals surface area contributed by atoms with Crippen LogP contribution in [0.5, 0.6) is 0 Å². The van der Waals surface area contributed by atoms with Gasteiger partial charge in [0.1, 0.15) is 17.7 Å². The first-order valence-corrected chi connectivity index (χ1v) is 10.2. The van der Waals surface area contributed by atoms with E-state index < -0.39 is 35.9 Å². The number of methoxy groups -OCH3 is 1. The summed E-state index contributed by atoms with van der Waals surface area (Å²) in [4.78, 5) is 38.6. The minimum Gasteiger partial charge on any atom is -0.467 e. The molecule has 0 aromatic heterocycles. The quantitative estimate of drug-likeness (QED) is 0.567. The lowest BCUT2D eigenvalue weighted by atomic mass is 9.99. The van der Waals surface area contributed by atoms with Gasteiger partial charge in [-0.25, -0.2) is 14.4 Å². The molecule has 0 saturated carbocycles. The topological polar surface area (TPSA) is 94.2 Å². The monoisotopic (exact) mass is 420 g/mol. The molecule has 0 saturated heterocycles. The number of rotatable bonds is 5. The predicted octanol–water partition coefficient (Wildman–Crippen LogP) is 4.19. The van der Waals surface area contributed by atoms with Crippen LogP contribution in [0.2, 0.25) is 0 Å². The van der Waals surface area contributed by atoms with Gasteiger partial charge in [0.05, 0.1) is 12.8 Å². The van der Waals surface area contributed by atoms with Crippen molar-refractivity contribution < 1.29 is 28.6 Å². The molecule has 1 N–H and O–H groups in total. The van der Waals surface area contributed by atoms with Crippen LogP contribution < -0.4 is 10.2 Å². The fourth-order valence-corrected chi connectivity index (χ4v) is 3.29. The highest BCUT2D eigenvalue weighted by Gasteiger charge is 2.34. The highest BCUT2D eigenvalue weighted by Crippen LogP contribution is 2.36. The number of nitrogens with zero attached hydrogens (tertiary/aromatic N) is 1. The standard InChI is InChI=1S/C22H32N2O6/c1-14(2)13-16(19(25)28-6)23-20(26)29-18-11-12-24(21(27)30-22(3,4)5)17-10-8-7-9-15(17)18/h7-10,14,16,18H,11-13H2,1-6H3,(H,23,26)/t16-,18?/m0/s1. The van der Waals surface area contributed by atoms with E-state index in [1.807, 2.05) is 52.8 Å². The normalized spacial score (nSPS) is 17.0. The third-order valence-corrected chi connectivity index (χ3v) is 4.54. The van der Waals surface area contributed by atoms with Crippen LogP contribution in [0.15, 0.2) is 24.3 Å². The summed E-state index contributed by atoms with van der Waals surface area (Å²) < 4.78 is 15.9. The van der Waals surface area contributed by atoms with Gasteiger partial charge < -0.3 is 19.5 Å². The molecule has 0 aliphatic carbocycles. The number of hydrogen-bond donors (Lipinski definition) is 1. The molecular weight excluding hydrogens is 388 g/mol. The molecule has 30 heavy (non-hydrogen) atoms. The summed E-state index contributed by atoms with van der Waals surface area (Å²) in [5, 5.41) is 2.60. The fraction of sp³-hybridized carbons (Fsp3) is 0.591. The number of hydrogen-bond acceptors (Lipinski definition) is 6. The molecular formula is C22H32N2O6. The lowest BCUT2D eigenvalue weighted by Gasteiger charge is -2.35. The highest BCUT2D eigenvalue weighted by atomic mass is 16.6. The summed E-state index contributed by atoms with van der Waals surface area (Å²) >= 11 is 0. The average molecular weight is 421 g/mol. The summed E-state index contributed by atoms with van der Waals surface area (Å²) in [5.74, 6) is -0.326. The van der Waals surface area contributed by atoms with Crippen molar-refractivity contribution in [2.45, 2.75) is 65.2 Å². The maximum Gasteiger partial charge on any atom is 0.414 e. The van der Waals surface area contributed by atoms with Crippen molar-refractivity contribution in [1.82, 2.24) is 5.32 Å². The van der Waals surface area contributed by atoms with Gasteiger partial charge >= 0.3 is 18.2 Å². The Morgan fingerprint density at radius 1 is 1.20 bits per heavy atom. The van der Waals surface area contributed by atoms with Crippen molar-refractivity contribution in [3.8, 4) is 0 Å². The maximum absolute atomic E-state index is 12.6. The highest BCUT2D eigenvalue weighted by molar-refractivity contribution is 5.90. The van der Waals surface area contributed by atoms with Gasteiger partial charge in [0.2, 0.25) is 0 Å². The first-order valence-electron chi connectivity index (χ1n) is 10.2. The van der Waals surface area contributed by atoms with Crippen LogP contribution in [0.1, 0.15) is 59.1 Å². The van der Waals surface area contributed by atoms with Gasteiger partial charge in [0.25, 0.3) is 0 Å². The molecule has 0 spiro atoms. The van der Waals surface area contributed by atoms with Crippen molar-refractivity contribution in [1.29, 1.82) is 0 Å². The number of para-hydroxylation sites is 1. The molecule has 1 aromatic rings. The Labute approximate surface area is 177 Å². The number of benzene rings is 1. The third kappa shape index (κ3) is 6.37. The lowest BCUT2D eigenvalue weighted by molar-refractivity contribution is -0.143. The van der Waals surface area contributed by atoms with Crippen LogP contribution in [0.3, 0.4) is 0 Å². The zero-order valence-corrected chi connectivity index (χ0v) is 18.6. The number of amides is 2. The average Bonchev–Trinajstić information content (AvgIpc) is 2.65. The van der Waals surface area contributed by atoms with Crippen LogP contribution in [0, 0.1) is 5.92 Å². The lowest BCUT2D eigenvalue weighted by Crippen LogP contribution is -2.44. The molecule has 0 radical (unpaired) electrons. The maximum atomic E-state index is 12.6. The predicted molar refractivity (Wildman–Crippen MR) is 112 cm³/mol. The molecule has 1 aromatic carbocycles. The number of carbonyl (C=O) groups is 3.